The minimum Gasteiger partial charge on any atom is -0.348 e. The summed E-state index contributed by atoms with van der Waals surface area (Å²) in [5.74, 6) is 1.48. The van der Waals surface area contributed by atoms with Crippen molar-refractivity contribution >= 4 is 5.91 Å². The number of nitrogens with zero attached hydrogens (tertiary/aromatic N) is 4. The fourth-order valence-electron chi connectivity index (χ4n) is 4.49. The van der Waals surface area contributed by atoms with Crippen molar-refractivity contribution in [3.63, 3.8) is 0 Å². The topological polar surface area (TPSA) is 63.1 Å². The van der Waals surface area contributed by atoms with E-state index in [2.05, 4.69) is 58.4 Å². The normalized spacial score (nSPS) is 19.3. The first-order chi connectivity index (χ1) is 15.0. The average molecular weight is 418 g/mol. The van der Waals surface area contributed by atoms with Crippen LogP contribution in [0.3, 0.4) is 0 Å². The highest BCUT2D eigenvalue weighted by Crippen LogP contribution is 2.22. The number of piperidine rings is 1. The summed E-state index contributed by atoms with van der Waals surface area (Å²) >= 11 is 0. The predicted octanol–water partition coefficient (Wildman–Crippen LogP) is 3.73. The van der Waals surface area contributed by atoms with Gasteiger partial charge >= 0.3 is 0 Å². The number of carbonyl (C=O) groups is 1. The number of amides is 1. The molecule has 3 aromatic rings. The highest BCUT2D eigenvalue weighted by molar-refractivity contribution is 5.94. The molecule has 1 aromatic heterocycles. The molecule has 1 aliphatic rings. The summed E-state index contributed by atoms with van der Waals surface area (Å²) in [4.78, 5) is 19.0. The Kier molecular flexibility index (Phi) is 6.77. The second kappa shape index (κ2) is 9.88. The molecule has 2 atom stereocenters. The minimum absolute atomic E-state index is 0.0623. The number of hydrogen-bond donors (Lipinski definition) is 1. The zero-order chi connectivity index (χ0) is 21.6. The Morgan fingerprint density at radius 3 is 2.19 bits per heavy atom. The van der Waals surface area contributed by atoms with Gasteiger partial charge in [-0.2, -0.15) is 5.10 Å². The summed E-state index contributed by atoms with van der Waals surface area (Å²) in [5.41, 5.74) is 4.18. The van der Waals surface area contributed by atoms with Crippen LogP contribution in [0, 0.1) is 11.8 Å². The molecule has 2 heterocycles. The summed E-state index contributed by atoms with van der Waals surface area (Å²) in [6, 6.07) is 16.2. The number of carbonyl (C=O) groups excluding carboxylic acids is 1. The lowest BCUT2D eigenvalue weighted by Gasteiger charge is -2.35. The standard InChI is InChI=1S/C25H31N5O/c1-19-11-20(2)14-29(13-19)15-22-5-3-21(4-6-22)12-27-25(31)24-9-7-23(8-10-24)16-30-18-26-17-28-30/h3-10,17-20H,11-16H2,1-2H3,(H,27,31)/t19-,20-/m0/s1. The lowest BCUT2D eigenvalue weighted by Crippen LogP contribution is -2.38. The molecule has 6 nitrogen and oxygen atoms in total. The largest absolute Gasteiger partial charge is 0.348 e. The molecule has 1 N–H and O–H groups in total. The summed E-state index contributed by atoms with van der Waals surface area (Å²) in [6.45, 7) is 9.22. The molecule has 0 bridgehead atoms. The van der Waals surface area contributed by atoms with Crippen LogP contribution in [0.1, 0.15) is 47.3 Å². The molecule has 0 spiro atoms. The van der Waals surface area contributed by atoms with E-state index in [0.29, 0.717) is 18.7 Å². The zero-order valence-electron chi connectivity index (χ0n) is 18.4. The molecular formula is C25H31N5O. The molecule has 0 radical (unpaired) electrons. The van der Waals surface area contributed by atoms with Crippen molar-refractivity contribution in [2.24, 2.45) is 11.8 Å². The Labute approximate surface area is 184 Å². The third-order valence-electron chi connectivity index (χ3n) is 5.85. The molecule has 0 saturated carbocycles. The number of rotatable bonds is 7. The molecule has 1 fully saturated rings. The van der Waals surface area contributed by atoms with Gasteiger partial charge in [0, 0.05) is 31.7 Å². The van der Waals surface area contributed by atoms with E-state index in [4.69, 9.17) is 0 Å². The van der Waals surface area contributed by atoms with Crippen LogP contribution in [0.5, 0.6) is 0 Å². The second-order valence-electron chi connectivity index (χ2n) is 8.93. The number of hydrogen-bond acceptors (Lipinski definition) is 4. The van der Waals surface area contributed by atoms with Gasteiger partial charge < -0.3 is 5.32 Å². The minimum atomic E-state index is -0.0623. The van der Waals surface area contributed by atoms with Gasteiger partial charge in [0.15, 0.2) is 0 Å². The van der Waals surface area contributed by atoms with Gasteiger partial charge in [-0.1, -0.05) is 50.2 Å². The van der Waals surface area contributed by atoms with Crippen LogP contribution >= 0.6 is 0 Å². The maximum absolute atomic E-state index is 12.5. The zero-order valence-corrected chi connectivity index (χ0v) is 18.4. The predicted molar refractivity (Wildman–Crippen MR) is 121 cm³/mol. The second-order valence-corrected chi connectivity index (χ2v) is 8.93. The van der Waals surface area contributed by atoms with Crippen LogP contribution in [0.25, 0.3) is 0 Å². The summed E-state index contributed by atoms with van der Waals surface area (Å²) in [5, 5.41) is 7.12. The third-order valence-corrected chi connectivity index (χ3v) is 5.85. The molecule has 0 aliphatic carbocycles. The van der Waals surface area contributed by atoms with Crippen molar-refractivity contribution in [1.29, 1.82) is 0 Å². The summed E-state index contributed by atoms with van der Waals surface area (Å²) in [7, 11) is 0. The van der Waals surface area contributed by atoms with Crippen molar-refractivity contribution in [3.05, 3.63) is 83.4 Å². The van der Waals surface area contributed by atoms with Gasteiger partial charge in [0.1, 0.15) is 12.7 Å². The van der Waals surface area contributed by atoms with E-state index in [-0.39, 0.29) is 5.91 Å². The van der Waals surface area contributed by atoms with E-state index in [1.165, 1.54) is 31.4 Å². The Balaban J connectivity index is 1.26. The van der Waals surface area contributed by atoms with Gasteiger partial charge in [0.2, 0.25) is 0 Å². The molecule has 2 aromatic carbocycles. The van der Waals surface area contributed by atoms with Crippen LogP contribution < -0.4 is 5.32 Å². The fraction of sp³-hybridized carbons (Fsp3) is 0.400. The van der Waals surface area contributed by atoms with E-state index >= 15 is 0 Å². The van der Waals surface area contributed by atoms with Crippen molar-refractivity contribution < 1.29 is 4.79 Å². The van der Waals surface area contributed by atoms with Crippen molar-refractivity contribution in [2.75, 3.05) is 13.1 Å². The van der Waals surface area contributed by atoms with Crippen LogP contribution in [0.2, 0.25) is 0 Å². The van der Waals surface area contributed by atoms with Gasteiger partial charge in [0.25, 0.3) is 5.91 Å². The molecular weight excluding hydrogens is 386 g/mol. The maximum Gasteiger partial charge on any atom is 0.251 e. The summed E-state index contributed by atoms with van der Waals surface area (Å²) in [6.07, 6.45) is 4.53. The van der Waals surface area contributed by atoms with Crippen LogP contribution in [0.4, 0.5) is 0 Å². The molecule has 4 rings (SSSR count). The van der Waals surface area contributed by atoms with Crippen molar-refractivity contribution in [1.82, 2.24) is 25.0 Å². The van der Waals surface area contributed by atoms with E-state index in [1.807, 2.05) is 24.3 Å². The van der Waals surface area contributed by atoms with E-state index in [9.17, 15) is 4.79 Å². The molecule has 1 amide bonds. The van der Waals surface area contributed by atoms with Crippen molar-refractivity contribution in [3.8, 4) is 0 Å². The first-order valence-electron chi connectivity index (χ1n) is 11.0. The Morgan fingerprint density at radius 1 is 0.935 bits per heavy atom. The van der Waals surface area contributed by atoms with Crippen LogP contribution in [0.15, 0.2) is 61.2 Å². The maximum atomic E-state index is 12.5. The van der Waals surface area contributed by atoms with Gasteiger partial charge in [-0.05, 0) is 47.1 Å². The van der Waals surface area contributed by atoms with Gasteiger partial charge in [-0.15, -0.1) is 0 Å². The average Bonchev–Trinajstić information content (AvgIpc) is 3.26. The molecule has 162 valence electrons. The van der Waals surface area contributed by atoms with Gasteiger partial charge in [-0.25, -0.2) is 9.67 Å². The number of likely N-dealkylation sites (tertiary alicyclic amines) is 1. The SMILES string of the molecule is C[C@H]1C[C@H](C)CN(Cc2ccc(CNC(=O)c3ccc(Cn4cncn4)cc3)cc2)C1. The molecule has 6 heteroatoms. The molecule has 1 aliphatic heterocycles. The highest BCUT2D eigenvalue weighted by atomic mass is 16.1. The van der Waals surface area contributed by atoms with E-state index in [0.717, 1.165) is 29.5 Å². The Morgan fingerprint density at radius 2 is 1.55 bits per heavy atom. The molecule has 1 saturated heterocycles. The number of aromatic nitrogens is 3. The quantitative estimate of drug-likeness (QED) is 0.636. The fourth-order valence-corrected chi connectivity index (χ4v) is 4.49. The van der Waals surface area contributed by atoms with Crippen molar-refractivity contribution in [2.45, 2.75) is 39.9 Å². The van der Waals surface area contributed by atoms with Gasteiger partial charge in [-0.3, -0.25) is 9.69 Å². The Bertz CT molecular complexity index is 956. The molecule has 31 heavy (non-hydrogen) atoms. The van der Waals surface area contributed by atoms with Crippen LogP contribution in [-0.4, -0.2) is 38.7 Å². The first kappa shape index (κ1) is 21.2. The van der Waals surface area contributed by atoms with E-state index < -0.39 is 0 Å². The van der Waals surface area contributed by atoms with Crippen LogP contribution in [-0.2, 0) is 19.6 Å². The lowest BCUT2D eigenvalue weighted by molar-refractivity contribution is 0.0951. The lowest BCUT2D eigenvalue weighted by atomic mass is 9.91. The number of nitrogens with one attached hydrogen (secondary N) is 1. The smallest absolute Gasteiger partial charge is 0.251 e. The van der Waals surface area contributed by atoms with E-state index in [1.54, 1.807) is 11.0 Å². The molecule has 0 unspecified atom stereocenters. The monoisotopic (exact) mass is 417 g/mol. The highest BCUT2D eigenvalue weighted by Gasteiger charge is 2.21. The Hall–Kier alpha value is -2.99. The number of benzene rings is 2. The van der Waals surface area contributed by atoms with Gasteiger partial charge in [0.05, 0.1) is 6.54 Å². The summed E-state index contributed by atoms with van der Waals surface area (Å²) < 4.78 is 1.76. The third kappa shape index (κ3) is 6.01. The first-order valence-corrected chi connectivity index (χ1v) is 11.0.